The van der Waals surface area contributed by atoms with Gasteiger partial charge in [-0.3, -0.25) is 0 Å². The summed E-state index contributed by atoms with van der Waals surface area (Å²) in [6.45, 7) is 2.78. The van der Waals surface area contributed by atoms with E-state index in [1.807, 2.05) is 31.2 Å². The molecule has 20 heavy (non-hydrogen) atoms. The molecule has 104 valence electrons. The number of aryl methyl sites for hydroxylation is 1. The molecule has 0 amide bonds. The minimum absolute atomic E-state index is 0.207. The average molecular weight is 290 g/mol. The number of halogens is 2. The molecule has 0 spiro atoms. The number of nitrogens with one attached hydrogen (secondary N) is 1. The van der Waals surface area contributed by atoms with Gasteiger partial charge in [-0.2, -0.15) is 0 Å². The Bertz CT molecular complexity index is 635. The predicted octanol–water partition coefficient (Wildman–Crippen LogP) is 4.71. The summed E-state index contributed by atoms with van der Waals surface area (Å²) in [5.74, 6) is -0.207. The van der Waals surface area contributed by atoms with Crippen LogP contribution in [-0.2, 0) is 6.54 Å². The van der Waals surface area contributed by atoms with Gasteiger partial charge in [-0.05, 0) is 66.3 Å². The van der Waals surface area contributed by atoms with Crippen LogP contribution in [0, 0.1) is 12.7 Å². The van der Waals surface area contributed by atoms with Crippen LogP contribution in [0.15, 0.2) is 36.4 Å². The predicted molar refractivity (Wildman–Crippen MR) is 81.4 cm³/mol. The third kappa shape index (κ3) is 3.02. The lowest BCUT2D eigenvalue weighted by Crippen LogP contribution is -2.16. The second-order valence-electron chi connectivity index (χ2n) is 5.42. The summed E-state index contributed by atoms with van der Waals surface area (Å²) < 4.78 is 13.5. The van der Waals surface area contributed by atoms with E-state index in [0.717, 1.165) is 33.8 Å². The van der Waals surface area contributed by atoms with Gasteiger partial charge >= 0.3 is 0 Å². The van der Waals surface area contributed by atoms with Crippen molar-refractivity contribution < 1.29 is 4.39 Å². The largest absolute Gasteiger partial charge is 0.310 e. The Labute approximate surface area is 123 Å². The molecule has 0 aromatic heterocycles. The van der Waals surface area contributed by atoms with Crippen LogP contribution in [-0.4, -0.2) is 6.04 Å². The second kappa shape index (κ2) is 5.55. The standard InChI is InChI=1S/C17H17ClFN/c1-11-2-4-14(19)9-17(11)16-7-3-13(18)8-12(16)10-20-15-5-6-15/h2-4,7-9,15,20H,5-6,10H2,1H3. The molecule has 1 fully saturated rings. The van der Waals surface area contributed by atoms with Crippen molar-refractivity contribution in [3.8, 4) is 11.1 Å². The molecular weight excluding hydrogens is 273 g/mol. The van der Waals surface area contributed by atoms with Gasteiger partial charge in [0.1, 0.15) is 5.82 Å². The molecule has 0 atom stereocenters. The fourth-order valence-corrected chi connectivity index (χ4v) is 2.59. The van der Waals surface area contributed by atoms with E-state index in [2.05, 4.69) is 5.32 Å². The fraction of sp³-hybridized carbons (Fsp3) is 0.294. The van der Waals surface area contributed by atoms with Gasteiger partial charge in [0.2, 0.25) is 0 Å². The van der Waals surface area contributed by atoms with Gasteiger partial charge in [0.25, 0.3) is 0 Å². The Balaban J connectivity index is 1.99. The number of benzene rings is 2. The third-order valence-electron chi connectivity index (χ3n) is 3.72. The Kier molecular flexibility index (Phi) is 3.77. The summed E-state index contributed by atoms with van der Waals surface area (Å²) in [5, 5.41) is 4.21. The van der Waals surface area contributed by atoms with Gasteiger partial charge in [-0.1, -0.05) is 23.7 Å². The van der Waals surface area contributed by atoms with Crippen molar-refractivity contribution in [1.82, 2.24) is 5.32 Å². The van der Waals surface area contributed by atoms with Crippen molar-refractivity contribution in [2.75, 3.05) is 0 Å². The lowest BCUT2D eigenvalue weighted by Gasteiger charge is -2.13. The van der Waals surface area contributed by atoms with Gasteiger partial charge in [-0.15, -0.1) is 0 Å². The first-order valence-electron chi connectivity index (χ1n) is 6.92. The van der Waals surface area contributed by atoms with Crippen molar-refractivity contribution in [3.05, 3.63) is 58.4 Å². The Morgan fingerprint density at radius 3 is 2.70 bits per heavy atom. The van der Waals surface area contributed by atoms with Gasteiger partial charge < -0.3 is 5.32 Å². The summed E-state index contributed by atoms with van der Waals surface area (Å²) in [7, 11) is 0. The zero-order valence-corrected chi connectivity index (χ0v) is 12.2. The third-order valence-corrected chi connectivity index (χ3v) is 3.95. The second-order valence-corrected chi connectivity index (χ2v) is 5.85. The van der Waals surface area contributed by atoms with Gasteiger partial charge in [0.05, 0.1) is 0 Å². The van der Waals surface area contributed by atoms with Crippen molar-refractivity contribution in [3.63, 3.8) is 0 Å². The highest BCUT2D eigenvalue weighted by Gasteiger charge is 2.20. The molecular formula is C17H17ClFN. The number of hydrogen-bond donors (Lipinski definition) is 1. The van der Waals surface area contributed by atoms with Gasteiger partial charge in [-0.25, -0.2) is 4.39 Å². The maximum Gasteiger partial charge on any atom is 0.123 e. The summed E-state index contributed by atoms with van der Waals surface area (Å²) in [6.07, 6.45) is 2.49. The smallest absolute Gasteiger partial charge is 0.123 e. The van der Waals surface area contributed by atoms with E-state index in [1.165, 1.54) is 18.9 Å². The molecule has 1 aliphatic rings. The molecule has 0 heterocycles. The maximum absolute atomic E-state index is 13.5. The van der Waals surface area contributed by atoms with Crippen LogP contribution in [0.5, 0.6) is 0 Å². The van der Waals surface area contributed by atoms with Crippen LogP contribution < -0.4 is 5.32 Å². The van der Waals surface area contributed by atoms with Gasteiger partial charge in [0.15, 0.2) is 0 Å². The first-order valence-corrected chi connectivity index (χ1v) is 7.29. The average Bonchev–Trinajstić information content (AvgIpc) is 3.24. The monoisotopic (exact) mass is 289 g/mol. The fourth-order valence-electron chi connectivity index (χ4n) is 2.40. The van der Waals surface area contributed by atoms with Crippen LogP contribution in [0.2, 0.25) is 5.02 Å². The van der Waals surface area contributed by atoms with E-state index >= 15 is 0 Å². The Hall–Kier alpha value is -1.38. The molecule has 2 aromatic carbocycles. The zero-order valence-electron chi connectivity index (χ0n) is 11.4. The van der Waals surface area contributed by atoms with E-state index in [-0.39, 0.29) is 5.82 Å². The first kappa shape index (κ1) is 13.6. The molecule has 2 aromatic rings. The summed E-state index contributed by atoms with van der Waals surface area (Å²) >= 11 is 6.10. The highest BCUT2D eigenvalue weighted by Crippen LogP contribution is 2.30. The summed E-state index contributed by atoms with van der Waals surface area (Å²) in [6, 6.07) is 11.4. The first-order chi connectivity index (χ1) is 9.63. The van der Waals surface area contributed by atoms with Crippen LogP contribution in [0.25, 0.3) is 11.1 Å². The van der Waals surface area contributed by atoms with E-state index in [1.54, 1.807) is 6.07 Å². The topological polar surface area (TPSA) is 12.0 Å². The van der Waals surface area contributed by atoms with E-state index in [0.29, 0.717) is 6.04 Å². The molecule has 3 rings (SSSR count). The van der Waals surface area contributed by atoms with Crippen molar-refractivity contribution in [2.24, 2.45) is 0 Å². The van der Waals surface area contributed by atoms with Crippen molar-refractivity contribution in [1.29, 1.82) is 0 Å². The molecule has 0 unspecified atom stereocenters. The zero-order chi connectivity index (χ0) is 14.1. The summed E-state index contributed by atoms with van der Waals surface area (Å²) in [5.41, 5.74) is 4.19. The van der Waals surface area contributed by atoms with Gasteiger partial charge in [0, 0.05) is 17.6 Å². The Morgan fingerprint density at radius 2 is 1.95 bits per heavy atom. The lowest BCUT2D eigenvalue weighted by atomic mass is 9.96. The maximum atomic E-state index is 13.5. The van der Waals surface area contributed by atoms with E-state index < -0.39 is 0 Å². The molecule has 1 nitrogen and oxygen atoms in total. The summed E-state index contributed by atoms with van der Waals surface area (Å²) in [4.78, 5) is 0. The van der Waals surface area contributed by atoms with Crippen LogP contribution in [0.4, 0.5) is 4.39 Å². The molecule has 0 aliphatic heterocycles. The van der Waals surface area contributed by atoms with Crippen molar-refractivity contribution in [2.45, 2.75) is 32.4 Å². The lowest BCUT2D eigenvalue weighted by molar-refractivity contribution is 0.628. The molecule has 1 aliphatic carbocycles. The van der Waals surface area contributed by atoms with E-state index in [9.17, 15) is 4.39 Å². The SMILES string of the molecule is Cc1ccc(F)cc1-c1ccc(Cl)cc1CNC1CC1. The number of rotatable bonds is 4. The molecule has 0 radical (unpaired) electrons. The minimum atomic E-state index is -0.207. The quantitative estimate of drug-likeness (QED) is 0.860. The normalized spacial score (nSPS) is 14.6. The number of hydrogen-bond acceptors (Lipinski definition) is 1. The molecule has 3 heteroatoms. The highest BCUT2D eigenvalue weighted by molar-refractivity contribution is 6.30. The molecule has 1 N–H and O–H groups in total. The molecule has 0 bridgehead atoms. The van der Waals surface area contributed by atoms with E-state index in [4.69, 9.17) is 11.6 Å². The molecule has 0 saturated heterocycles. The molecule has 1 saturated carbocycles. The highest BCUT2D eigenvalue weighted by atomic mass is 35.5. The Morgan fingerprint density at radius 1 is 1.15 bits per heavy atom. The van der Waals surface area contributed by atoms with Crippen LogP contribution in [0.1, 0.15) is 24.0 Å². The van der Waals surface area contributed by atoms with Crippen molar-refractivity contribution >= 4 is 11.6 Å². The minimum Gasteiger partial charge on any atom is -0.310 e. The van der Waals surface area contributed by atoms with Crippen LogP contribution >= 0.6 is 11.6 Å². The van der Waals surface area contributed by atoms with Crippen LogP contribution in [0.3, 0.4) is 0 Å².